The predicted molar refractivity (Wildman–Crippen MR) is 81.7 cm³/mol. The van der Waals surface area contributed by atoms with E-state index in [2.05, 4.69) is 30.3 Å². The molecule has 2 nitrogen and oxygen atoms in total. The number of rotatable bonds is 3. The van der Waals surface area contributed by atoms with Crippen LogP contribution in [0.4, 0.5) is 0 Å². The molecule has 1 aromatic carbocycles. The Kier molecular flexibility index (Phi) is 4.35. The van der Waals surface area contributed by atoms with Crippen LogP contribution >= 0.6 is 11.8 Å². The summed E-state index contributed by atoms with van der Waals surface area (Å²) in [5.74, 6) is 1.60. The molecule has 108 valence electrons. The maximum atomic E-state index is 11.7. The lowest BCUT2D eigenvalue weighted by atomic mass is 9.68. The van der Waals surface area contributed by atoms with Crippen molar-refractivity contribution < 1.29 is 9.53 Å². The van der Waals surface area contributed by atoms with E-state index in [1.165, 1.54) is 31.3 Å². The van der Waals surface area contributed by atoms with Crippen LogP contribution in [0.5, 0.6) is 0 Å². The van der Waals surface area contributed by atoms with E-state index in [9.17, 15) is 4.79 Å². The van der Waals surface area contributed by atoms with Crippen molar-refractivity contribution in [2.45, 2.75) is 42.2 Å². The fourth-order valence-electron chi connectivity index (χ4n) is 3.94. The summed E-state index contributed by atoms with van der Waals surface area (Å²) in [5, 5.41) is 0.722. The van der Waals surface area contributed by atoms with Gasteiger partial charge in [0, 0.05) is 10.1 Å². The van der Waals surface area contributed by atoms with Crippen LogP contribution in [0.1, 0.15) is 32.1 Å². The van der Waals surface area contributed by atoms with Crippen molar-refractivity contribution in [3.8, 4) is 0 Å². The van der Waals surface area contributed by atoms with Gasteiger partial charge in [0.05, 0.1) is 13.0 Å². The summed E-state index contributed by atoms with van der Waals surface area (Å²) in [7, 11) is 1.51. The summed E-state index contributed by atoms with van der Waals surface area (Å²) in [6, 6.07) is 10.7. The zero-order chi connectivity index (χ0) is 13.9. The monoisotopic (exact) mass is 290 g/mol. The molecule has 2 aliphatic rings. The molecule has 0 saturated heterocycles. The predicted octanol–water partition coefficient (Wildman–Crippen LogP) is 4.15. The molecule has 2 unspecified atom stereocenters. The first kappa shape index (κ1) is 14.0. The van der Waals surface area contributed by atoms with Crippen molar-refractivity contribution in [1.82, 2.24) is 0 Å². The van der Waals surface area contributed by atoms with Gasteiger partial charge in [-0.2, -0.15) is 0 Å². The molecule has 2 saturated carbocycles. The SMILES string of the molecule is COC(=O)C1CC2CC(CC(Sc3ccccc3)C2)C1. The maximum absolute atomic E-state index is 11.7. The van der Waals surface area contributed by atoms with E-state index in [0.717, 1.165) is 18.1 Å². The van der Waals surface area contributed by atoms with Crippen LogP contribution in [0.2, 0.25) is 0 Å². The Bertz CT molecular complexity index is 445. The zero-order valence-corrected chi connectivity index (χ0v) is 12.8. The number of carbonyl (C=O) groups excluding carboxylic acids is 1. The minimum atomic E-state index is 0.00821. The Balaban J connectivity index is 1.60. The summed E-state index contributed by atoms with van der Waals surface area (Å²) in [5.41, 5.74) is 0. The molecule has 3 heteroatoms. The topological polar surface area (TPSA) is 26.3 Å². The Morgan fingerprint density at radius 1 is 1.05 bits per heavy atom. The van der Waals surface area contributed by atoms with E-state index in [-0.39, 0.29) is 11.9 Å². The highest BCUT2D eigenvalue weighted by Crippen LogP contribution is 2.47. The second-order valence-electron chi connectivity index (χ2n) is 6.18. The molecule has 0 aromatic heterocycles. The molecule has 2 fully saturated rings. The molecule has 0 N–H and O–H groups in total. The first-order valence-corrected chi connectivity index (χ1v) is 8.42. The van der Waals surface area contributed by atoms with Crippen LogP contribution in [-0.4, -0.2) is 18.3 Å². The van der Waals surface area contributed by atoms with E-state index < -0.39 is 0 Å². The number of thioether (sulfide) groups is 1. The van der Waals surface area contributed by atoms with Crippen molar-refractivity contribution in [2.75, 3.05) is 7.11 Å². The number of carbonyl (C=O) groups is 1. The van der Waals surface area contributed by atoms with Crippen molar-refractivity contribution in [3.63, 3.8) is 0 Å². The third-order valence-electron chi connectivity index (χ3n) is 4.68. The Morgan fingerprint density at radius 2 is 1.70 bits per heavy atom. The van der Waals surface area contributed by atoms with Crippen molar-refractivity contribution >= 4 is 17.7 Å². The highest BCUT2D eigenvalue weighted by atomic mass is 32.2. The highest BCUT2D eigenvalue weighted by Gasteiger charge is 2.39. The Morgan fingerprint density at radius 3 is 2.30 bits per heavy atom. The van der Waals surface area contributed by atoms with Crippen molar-refractivity contribution in [2.24, 2.45) is 17.8 Å². The fourth-order valence-corrected chi connectivity index (χ4v) is 5.37. The van der Waals surface area contributed by atoms with Gasteiger partial charge in [-0.1, -0.05) is 18.2 Å². The Labute approximate surface area is 125 Å². The number of ether oxygens (including phenoxy) is 1. The van der Waals surface area contributed by atoms with E-state index in [0.29, 0.717) is 11.8 Å². The lowest BCUT2D eigenvalue weighted by Crippen LogP contribution is -2.35. The van der Waals surface area contributed by atoms with Crippen LogP contribution in [0.25, 0.3) is 0 Å². The minimum absolute atomic E-state index is 0.00821. The molecular weight excluding hydrogens is 268 g/mol. The van der Waals surface area contributed by atoms with E-state index in [1.54, 1.807) is 0 Å². The molecule has 0 aliphatic heterocycles. The molecule has 1 aromatic rings. The number of methoxy groups -OCH3 is 1. The maximum Gasteiger partial charge on any atom is 0.308 e. The van der Waals surface area contributed by atoms with Crippen LogP contribution in [0.15, 0.2) is 35.2 Å². The summed E-state index contributed by atoms with van der Waals surface area (Å²) in [4.78, 5) is 13.1. The standard InChI is InChI=1S/C17H22O2S/c1-19-17(18)14-8-12-7-13(9-14)11-16(10-12)20-15-5-3-2-4-6-15/h2-6,12-14,16H,7-11H2,1H3. The molecule has 20 heavy (non-hydrogen) atoms. The number of esters is 1. The van der Waals surface area contributed by atoms with E-state index in [1.807, 2.05) is 11.8 Å². The highest BCUT2D eigenvalue weighted by molar-refractivity contribution is 8.00. The first-order chi connectivity index (χ1) is 9.74. The third-order valence-corrected chi connectivity index (χ3v) is 5.94. The molecule has 0 heterocycles. The molecule has 2 bridgehead atoms. The van der Waals surface area contributed by atoms with Gasteiger partial charge in [0.2, 0.25) is 0 Å². The molecule has 3 rings (SSSR count). The number of hydrogen-bond donors (Lipinski definition) is 0. The summed E-state index contributed by atoms with van der Waals surface area (Å²) in [6.07, 6.45) is 5.90. The molecule has 2 aliphatic carbocycles. The van der Waals surface area contributed by atoms with Gasteiger partial charge in [-0.25, -0.2) is 0 Å². The molecule has 2 atom stereocenters. The Hall–Kier alpha value is -0.960. The average molecular weight is 290 g/mol. The van der Waals surface area contributed by atoms with Gasteiger partial charge >= 0.3 is 5.97 Å². The van der Waals surface area contributed by atoms with Crippen LogP contribution in [0, 0.1) is 17.8 Å². The van der Waals surface area contributed by atoms with Crippen molar-refractivity contribution in [3.05, 3.63) is 30.3 Å². The molecule has 0 amide bonds. The van der Waals surface area contributed by atoms with Crippen LogP contribution in [-0.2, 0) is 9.53 Å². The van der Waals surface area contributed by atoms with Gasteiger partial charge in [0.25, 0.3) is 0 Å². The quantitative estimate of drug-likeness (QED) is 0.782. The fraction of sp³-hybridized carbons (Fsp3) is 0.588. The second-order valence-corrected chi connectivity index (χ2v) is 7.56. The summed E-state index contributed by atoms with van der Waals surface area (Å²) in [6.45, 7) is 0. The average Bonchev–Trinajstić information content (AvgIpc) is 2.46. The van der Waals surface area contributed by atoms with Crippen molar-refractivity contribution in [1.29, 1.82) is 0 Å². The number of benzene rings is 1. The molecule has 0 radical (unpaired) electrons. The largest absolute Gasteiger partial charge is 0.469 e. The lowest BCUT2D eigenvalue weighted by molar-refractivity contribution is -0.148. The third kappa shape index (κ3) is 3.20. The summed E-state index contributed by atoms with van der Waals surface area (Å²) >= 11 is 2.02. The second kappa shape index (κ2) is 6.21. The van der Waals surface area contributed by atoms with E-state index >= 15 is 0 Å². The smallest absolute Gasteiger partial charge is 0.308 e. The van der Waals surface area contributed by atoms with Gasteiger partial charge < -0.3 is 4.74 Å². The van der Waals surface area contributed by atoms with E-state index in [4.69, 9.17) is 4.74 Å². The normalized spacial score (nSPS) is 32.6. The molecular formula is C17H22O2S. The van der Waals surface area contributed by atoms with Gasteiger partial charge in [0.1, 0.15) is 0 Å². The summed E-state index contributed by atoms with van der Waals surface area (Å²) < 4.78 is 4.93. The number of hydrogen-bond acceptors (Lipinski definition) is 3. The first-order valence-electron chi connectivity index (χ1n) is 7.54. The van der Waals surface area contributed by atoms with Gasteiger partial charge in [-0.05, 0) is 56.1 Å². The van der Waals surface area contributed by atoms with Gasteiger partial charge in [-0.3, -0.25) is 4.79 Å². The zero-order valence-electron chi connectivity index (χ0n) is 12.0. The van der Waals surface area contributed by atoms with Gasteiger partial charge in [-0.15, -0.1) is 11.8 Å². The van der Waals surface area contributed by atoms with Crippen LogP contribution < -0.4 is 0 Å². The van der Waals surface area contributed by atoms with Gasteiger partial charge in [0.15, 0.2) is 0 Å². The number of fused-ring (bicyclic) bond motifs is 2. The molecule has 0 spiro atoms. The minimum Gasteiger partial charge on any atom is -0.469 e. The van der Waals surface area contributed by atoms with Crippen LogP contribution in [0.3, 0.4) is 0 Å². The lowest BCUT2D eigenvalue weighted by Gasteiger charge is -2.41.